The van der Waals surface area contributed by atoms with Gasteiger partial charge in [-0.15, -0.1) is 0 Å². The SMILES string of the molecule is Nc1ncc([N+](=O)[O-])cc1C(O)C(O)CCS. The van der Waals surface area contributed by atoms with Crippen molar-refractivity contribution in [3.63, 3.8) is 0 Å². The van der Waals surface area contributed by atoms with Crippen LogP contribution >= 0.6 is 12.6 Å². The Labute approximate surface area is 103 Å². The zero-order valence-electron chi connectivity index (χ0n) is 8.85. The fourth-order valence-corrected chi connectivity index (χ4v) is 1.58. The van der Waals surface area contributed by atoms with Crippen molar-refractivity contribution in [1.82, 2.24) is 4.98 Å². The van der Waals surface area contributed by atoms with Crippen molar-refractivity contribution in [3.8, 4) is 0 Å². The Morgan fingerprint density at radius 2 is 2.24 bits per heavy atom. The Morgan fingerprint density at radius 3 is 2.76 bits per heavy atom. The molecule has 17 heavy (non-hydrogen) atoms. The summed E-state index contributed by atoms with van der Waals surface area (Å²) in [5.74, 6) is 0.335. The van der Waals surface area contributed by atoms with Gasteiger partial charge in [-0.25, -0.2) is 4.98 Å². The van der Waals surface area contributed by atoms with Crippen LogP contribution in [0.2, 0.25) is 0 Å². The van der Waals surface area contributed by atoms with Gasteiger partial charge in [-0.1, -0.05) is 0 Å². The Hall–Kier alpha value is -1.38. The number of nitrogens with zero attached hydrogens (tertiary/aromatic N) is 2. The molecule has 7 nitrogen and oxygen atoms in total. The van der Waals surface area contributed by atoms with Crippen LogP contribution in [0, 0.1) is 10.1 Å². The van der Waals surface area contributed by atoms with Crippen molar-refractivity contribution in [2.45, 2.75) is 18.6 Å². The summed E-state index contributed by atoms with van der Waals surface area (Å²) in [6.45, 7) is 0. The van der Waals surface area contributed by atoms with Gasteiger partial charge in [0.1, 0.15) is 18.1 Å². The van der Waals surface area contributed by atoms with Crippen molar-refractivity contribution in [2.24, 2.45) is 0 Å². The molecule has 0 fully saturated rings. The minimum Gasteiger partial charge on any atom is -0.390 e. The fraction of sp³-hybridized carbons (Fsp3) is 0.444. The number of hydrogen-bond acceptors (Lipinski definition) is 7. The third kappa shape index (κ3) is 3.29. The molecule has 0 aromatic carbocycles. The van der Waals surface area contributed by atoms with Gasteiger partial charge in [0.25, 0.3) is 5.69 Å². The number of aromatic nitrogens is 1. The molecule has 0 aliphatic heterocycles. The summed E-state index contributed by atoms with van der Waals surface area (Å²) in [6, 6.07) is 1.11. The zero-order chi connectivity index (χ0) is 13.0. The van der Waals surface area contributed by atoms with Crippen LogP contribution in [0.25, 0.3) is 0 Å². The van der Waals surface area contributed by atoms with E-state index in [9.17, 15) is 20.3 Å². The zero-order valence-corrected chi connectivity index (χ0v) is 9.75. The molecule has 1 aromatic rings. The van der Waals surface area contributed by atoms with E-state index in [1.165, 1.54) is 0 Å². The second kappa shape index (κ2) is 5.80. The lowest BCUT2D eigenvalue weighted by Crippen LogP contribution is -2.20. The molecule has 0 radical (unpaired) electrons. The van der Waals surface area contributed by atoms with Crippen molar-refractivity contribution < 1.29 is 15.1 Å². The van der Waals surface area contributed by atoms with Gasteiger partial charge in [0.2, 0.25) is 0 Å². The van der Waals surface area contributed by atoms with Gasteiger partial charge in [0.05, 0.1) is 11.0 Å². The van der Waals surface area contributed by atoms with E-state index < -0.39 is 17.1 Å². The smallest absolute Gasteiger partial charge is 0.288 e. The highest BCUT2D eigenvalue weighted by Crippen LogP contribution is 2.26. The molecule has 0 saturated carbocycles. The maximum atomic E-state index is 10.6. The van der Waals surface area contributed by atoms with Crippen LogP contribution in [-0.4, -0.2) is 32.0 Å². The summed E-state index contributed by atoms with van der Waals surface area (Å²) in [5, 5.41) is 29.9. The number of aliphatic hydroxyl groups is 2. The first-order valence-corrected chi connectivity index (χ1v) is 5.47. The average Bonchev–Trinajstić information content (AvgIpc) is 2.28. The summed E-state index contributed by atoms with van der Waals surface area (Å²) in [6.07, 6.45) is -1.16. The van der Waals surface area contributed by atoms with Crippen LogP contribution in [0.3, 0.4) is 0 Å². The van der Waals surface area contributed by atoms with Crippen LogP contribution in [0.5, 0.6) is 0 Å². The maximum absolute atomic E-state index is 10.6. The first kappa shape index (κ1) is 13.7. The van der Waals surface area contributed by atoms with E-state index in [1.807, 2.05) is 0 Å². The Morgan fingerprint density at radius 1 is 1.59 bits per heavy atom. The normalized spacial score (nSPS) is 14.3. The Balaban J connectivity index is 3.03. The standard InChI is InChI=1S/C9H13N3O4S/c10-9-6(8(14)7(13)1-2-17)3-5(4-11-9)12(15)16/h3-4,7-8,13-14,17H,1-2H2,(H2,10,11). The first-order valence-electron chi connectivity index (χ1n) is 4.84. The average molecular weight is 259 g/mol. The number of rotatable bonds is 5. The van der Waals surface area contributed by atoms with Crippen LogP contribution in [0.15, 0.2) is 12.3 Å². The van der Waals surface area contributed by atoms with Gasteiger partial charge in [0, 0.05) is 11.6 Å². The van der Waals surface area contributed by atoms with Gasteiger partial charge < -0.3 is 15.9 Å². The number of aliphatic hydroxyl groups excluding tert-OH is 2. The van der Waals surface area contributed by atoms with E-state index in [-0.39, 0.29) is 23.5 Å². The van der Waals surface area contributed by atoms with Gasteiger partial charge in [-0.05, 0) is 12.2 Å². The number of pyridine rings is 1. The first-order chi connectivity index (χ1) is 7.97. The van der Waals surface area contributed by atoms with E-state index in [1.54, 1.807) is 0 Å². The Kier molecular flexibility index (Phi) is 4.67. The number of anilines is 1. The number of hydrogen-bond donors (Lipinski definition) is 4. The maximum Gasteiger partial charge on any atom is 0.288 e. The Bertz CT molecular complexity index is 415. The second-order valence-corrected chi connectivity index (χ2v) is 3.90. The van der Waals surface area contributed by atoms with Gasteiger partial charge >= 0.3 is 0 Å². The number of nitrogen functional groups attached to an aromatic ring is 1. The molecule has 8 heteroatoms. The summed E-state index contributed by atoms with van der Waals surface area (Å²) in [4.78, 5) is 13.5. The molecular weight excluding hydrogens is 246 g/mol. The topological polar surface area (TPSA) is 123 Å². The molecule has 1 rings (SSSR count). The molecule has 1 aromatic heterocycles. The third-order valence-electron chi connectivity index (χ3n) is 2.25. The summed E-state index contributed by atoms with van der Waals surface area (Å²) in [5.41, 5.74) is 5.26. The van der Waals surface area contributed by atoms with Gasteiger partial charge in [-0.3, -0.25) is 10.1 Å². The van der Waals surface area contributed by atoms with Crippen molar-refractivity contribution >= 4 is 24.1 Å². The summed E-state index contributed by atoms with van der Waals surface area (Å²) in [7, 11) is 0. The molecular formula is C9H13N3O4S. The molecule has 1 heterocycles. The number of nitrogens with two attached hydrogens (primary N) is 1. The van der Waals surface area contributed by atoms with E-state index in [0.717, 1.165) is 12.3 Å². The van der Waals surface area contributed by atoms with Crippen LogP contribution in [-0.2, 0) is 0 Å². The van der Waals surface area contributed by atoms with Crippen LogP contribution in [0.4, 0.5) is 11.5 Å². The van der Waals surface area contributed by atoms with Gasteiger partial charge in [-0.2, -0.15) is 12.6 Å². The third-order valence-corrected chi connectivity index (χ3v) is 2.51. The number of thiol groups is 1. The fourth-order valence-electron chi connectivity index (χ4n) is 1.31. The highest BCUT2D eigenvalue weighted by molar-refractivity contribution is 7.80. The monoisotopic (exact) mass is 259 g/mol. The molecule has 2 unspecified atom stereocenters. The lowest BCUT2D eigenvalue weighted by atomic mass is 10.0. The van der Waals surface area contributed by atoms with Crippen molar-refractivity contribution in [2.75, 3.05) is 11.5 Å². The molecule has 4 N–H and O–H groups in total. The van der Waals surface area contributed by atoms with Crippen molar-refractivity contribution in [3.05, 3.63) is 27.9 Å². The molecule has 0 saturated heterocycles. The van der Waals surface area contributed by atoms with E-state index in [4.69, 9.17) is 5.73 Å². The van der Waals surface area contributed by atoms with Gasteiger partial charge in [0.15, 0.2) is 0 Å². The van der Waals surface area contributed by atoms with E-state index in [2.05, 4.69) is 17.6 Å². The van der Waals surface area contributed by atoms with Crippen molar-refractivity contribution in [1.29, 1.82) is 0 Å². The summed E-state index contributed by atoms with van der Waals surface area (Å²) >= 11 is 3.92. The molecule has 2 atom stereocenters. The van der Waals surface area contributed by atoms with Crippen LogP contribution < -0.4 is 5.73 Å². The molecule has 0 amide bonds. The summed E-state index contributed by atoms with van der Waals surface area (Å²) < 4.78 is 0. The molecule has 0 spiro atoms. The lowest BCUT2D eigenvalue weighted by molar-refractivity contribution is -0.385. The highest BCUT2D eigenvalue weighted by Gasteiger charge is 2.23. The largest absolute Gasteiger partial charge is 0.390 e. The van der Waals surface area contributed by atoms with E-state index in [0.29, 0.717) is 5.75 Å². The molecule has 0 aliphatic rings. The molecule has 94 valence electrons. The minimum atomic E-state index is -1.31. The minimum absolute atomic E-state index is 0.0404. The predicted octanol–water partition coefficient (Wildman–Crippen LogP) is 0.286. The van der Waals surface area contributed by atoms with Crippen LogP contribution in [0.1, 0.15) is 18.1 Å². The quantitative estimate of drug-likeness (QED) is 0.342. The highest BCUT2D eigenvalue weighted by atomic mass is 32.1. The molecule has 0 bridgehead atoms. The second-order valence-electron chi connectivity index (χ2n) is 3.45. The lowest BCUT2D eigenvalue weighted by Gasteiger charge is -2.18. The molecule has 0 aliphatic carbocycles. The number of nitro groups is 1. The predicted molar refractivity (Wildman–Crippen MR) is 64.7 cm³/mol. The van der Waals surface area contributed by atoms with E-state index >= 15 is 0 Å².